The van der Waals surface area contributed by atoms with E-state index in [9.17, 15) is 53.7 Å². The monoisotopic (exact) mass is 850 g/mol. The van der Waals surface area contributed by atoms with Crippen molar-refractivity contribution in [2.45, 2.75) is 95.0 Å². The lowest BCUT2D eigenvalue weighted by Gasteiger charge is -2.27. The molecule has 15 N–H and O–H groups in total. The first-order valence-electron chi connectivity index (χ1n) is 19.4. The lowest BCUT2D eigenvalue weighted by molar-refractivity contribution is -0.143. The SMILES string of the molecule is CC(C)C[C@H](NC(=O)[C@H](CCCNC(=N)N)NC(=O)[C@H](CC(=O)O)NC(=O)[C@H](Cc1c[nH]c2ccccc12)NC(=O)[C@H](CC(=O)O)NC(=O)[C@@H](N)Cc1ccccc1)C(=O)O. The number of aliphatic carboxylic acids is 3. The van der Waals surface area contributed by atoms with Crippen molar-refractivity contribution in [3.05, 3.63) is 71.9 Å². The normalized spacial score (nSPS) is 14.0. The second-order valence-electron chi connectivity index (χ2n) is 14.8. The molecule has 0 aliphatic rings. The number of amides is 5. The summed E-state index contributed by atoms with van der Waals surface area (Å²) >= 11 is 0. The number of fused-ring (bicyclic) bond motifs is 1. The number of nitrogens with two attached hydrogens (primary N) is 2. The third-order valence-electron chi connectivity index (χ3n) is 9.33. The van der Waals surface area contributed by atoms with Crippen molar-refractivity contribution < 1.29 is 53.7 Å². The molecule has 1 heterocycles. The van der Waals surface area contributed by atoms with E-state index in [1.165, 1.54) is 0 Å². The van der Waals surface area contributed by atoms with Gasteiger partial charge in [0.2, 0.25) is 29.5 Å². The molecule has 21 heteroatoms. The summed E-state index contributed by atoms with van der Waals surface area (Å²) in [5, 5.41) is 51.6. The molecule has 0 fully saturated rings. The first kappa shape index (κ1) is 48.3. The number of aromatic nitrogens is 1. The predicted molar refractivity (Wildman–Crippen MR) is 221 cm³/mol. The maximum atomic E-state index is 14.1. The van der Waals surface area contributed by atoms with Crippen LogP contribution < -0.4 is 43.4 Å². The number of carbonyl (C=O) groups excluding carboxylic acids is 5. The van der Waals surface area contributed by atoms with Gasteiger partial charge in [0.15, 0.2) is 5.96 Å². The van der Waals surface area contributed by atoms with E-state index >= 15 is 0 Å². The number of guanidine groups is 1. The summed E-state index contributed by atoms with van der Waals surface area (Å²) in [6.07, 6.45) is -0.532. The van der Waals surface area contributed by atoms with Crippen molar-refractivity contribution in [3.8, 4) is 0 Å². The number of H-pyrrole nitrogens is 1. The Hall–Kier alpha value is -7.03. The zero-order valence-corrected chi connectivity index (χ0v) is 33.7. The molecular formula is C40H54N10O11. The highest BCUT2D eigenvalue weighted by atomic mass is 16.4. The van der Waals surface area contributed by atoms with Gasteiger partial charge in [0.05, 0.1) is 18.9 Å². The van der Waals surface area contributed by atoms with Crippen LogP contribution >= 0.6 is 0 Å². The summed E-state index contributed by atoms with van der Waals surface area (Å²) < 4.78 is 0. The molecule has 0 spiro atoms. The van der Waals surface area contributed by atoms with E-state index in [-0.39, 0.29) is 50.5 Å². The van der Waals surface area contributed by atoms with Crippen LogP contribution in [0.15, 0.2) is 60.8 Å². The number of nitrogens with one attached hydrogen (secondary N) is 8. The number of para-hydroxylation sites is 1. The summed E-state index contributed by atoms with van der Waals surface area (Å²) in [6.45, 7) is 3.57. The number of aromatic amines is 1. The number of hydrogen-bond donors (Lipinski definition) is 13. The van der Waals surface area contributed by atoms with Crippen LogP contribution in [0.2, 0.25) is 0 Å². The van der Waals surface area contributed by atoms with E-state index in [0.717, 1.165) is 0 Å². The van der Waals surface area contributed by atoms with Crippen molar-refractivity contribution in [2.75, 3.05) is 6.54 Å². The number of carboxylic acids is 3. The van der Waals surface area contributed by atoms with Crippen molar-refractivity contribution in [3.63, 3.8) is 0 Å². The highest BCUT2D eigenvalue weighted by molar-refractivity contribution is 5.98. The first-order chi connectivity index (χ1) is 28.8. The van der Waals surface area contributed by atoms with Crippen molar-refractivity contribution in [1.29, 1.82) is 5.41 Å². The summed E-state index contributed by atoms with van der Waals surface area (Å²) in [6, 6.07) is 6.49. The minimum absolute atomic E-state index is 0.0480. The minimum Gasteiger partial charge on any atom is -0.481 e. The largest absolute Gasteiger partial charge is 0.481 e. The Balaban J connectivity index is 1.92. The Morgan fingerprint density at radius 1 is 0.672 bits per heavy atom. The van der Waals surface area contributed by atoms with Crippen LogP contribution in [0.4, 0.5) is 0 Å². The van der Waals surface area contributed by atoms with Crippen LogP contribution in [0.5, 0.6) is 0 Å². The average molecular weight is 851 g/mol. The molecule has 330 valence electrons. The number of carboxylic acid groups (broad SMARTS) is 3. The molecule has 6 atom stereocenters. The van der Waals surface area contributed by atoms with E-state index in [4.69, 9.17) is 16.9 Å². The third kappa shape index (κ3) is 16.3. The van der Waals surface area contributed by atoms with Gasteiger partial charge in [-0.05, 0) is 48.8 Å². The van der Waals surface area contributed by atoms with E-state index < -0.39 is 96.5 Å². The molecule has 5 amide bonds. The second kappa shape index (κ2) is 23.5. The van der Waals surface area contributed by atoms with Crippen molar-refractivity contribution in [1.82, 2.24) is 36.9 Å². The first-order valence-corrected chi connectivity index (χ1v) is 19.4. The minimum atomic E-state index is -1.87. The highest BCUT2D eigenvalue weighted by Crippen LogP contribution is 2.20. The highest BCUT2D eigenvalue weighted by Gasteiger charge is 2.35. The van der Waals surface area contributed by atoms with Crippen LogP contribution in [0.1, 0.15) is 57.1 Å². The van der Waals surface area contributed by atoms with Gasteiger partial charge in [0.25, 0.3) is 0 Å². The molecule has 0 aliphatic heterocycles. The maximum Gasteiger partial charge on any atom is 0.326 e. The number of carbonyl (C=O) groups is 8. The zero-order chi connectivity index (χ0) is 45.2. The second-order valence-corrected chi connectivity index (χ2v) is 14.8. The topological polar surface area (TPSA) is 361 Å². The fraction of sp³-hybridized carbons (Fsp3) is 0.425. The van der Waals surface area contributed by atoms with Crippen molar-refractivity contribution in [2.24, 2.45) is 17.4 Å². The lowest BCUT2D eigenvalue weighted by atomic mass is 10.0. The van der Waals surface area contributed by atoms with E-state index in [0.29, 0.717) is 22.0 Å². The van der Waals surface area contributed by atoms with Gasteiger partial charge >= 0.3 is 17.9 Å². The number of rotatable bonds is 25. The molecule has 2 aromatic carbocycles. The van der Waals surface area contributed by atoms with Gasteiger partial charge in [-0.1, -0.05) is 62.4 Å². The van der Waals surface area contributed by atoms with Gasteiger partial charge < -0.3 is 63.7 Å². The average Bonchev–Trinajstić information content (AvgIpc) is 3.59. The van der Waals surface area contributed by atoms with Crippen LogP contribution in [0, 0.1) is 11.3 Å². The van der Waals surface area contributed by atoms with Crippen LogP contribution in [0.3, 0.4) is 0 Å². The Morgan fingerprint density at radius 3 is 1.75 bits per heavy atom. The maximum absolute atomic E-state index is 14.1. The molecule has 0 bridgehead atoms. The van der Waals surface area contributed by atoms with Crippen LogP contribution in [-0.4, -0.2) is 117 Å². The van der Waals surface area contributed by atoms with E-state index in [1.807, 2.05) is 0 Å². The molecule has 0 saturated heterocycles. The molecule has 0 saturated carbocycles. The Labute approximate surface area is 350 Å². The predicted octanol–water partition coefficient (Wildman–Crippen LogP) is -0.952. The summed E-state index contributed by atoms with van der Waals surface area (Å²) in [7, 11) is 0. The quantitative estimate of drug-likeness (QED) is 0.0278. The Morgan fingerprint density at radius 2 is 1.18 bits per heavy atom. The fourth-order valence-electron chi connectivity index (χ4n) is 6.32. The zero-order valence-electron chi connectivity index (χ0n) is 33.7. The molecule has 0 aliphatic carbocycles. The van der Waals surface area contributed by atoms with E-state index in [2.05, 4.69) is 36.9 Å². The van der Waals surface area contributed by atoms with Gasteiger partial charge in [-0.2, -0.15) is 0 Å². The third-order valence-corrected chi connectivity index (χ3v) is 9.33. The lowest BCUT2D eigenvalue weighted by Crippen LogP contribution is -2.60. The fourth-order valence-corrected chi connectivity index (χ4v) is 6.32. The molecule has 0 unspecified atom stereocenters. The molecular weight excluding hydrogens is 796 g/mol. The van der Waals surface area contributed by atoms with E-state index in [1.54, 1.807) is 74.6 Å². The van der Waals surface area contributed by atoms with Crippen molar-refractivity contribution >= 4 is 64.3 Å². The van der Waals surface area contributed by atoms with Gasteiger partial charge in [-0.15, -0.1) is 0 Å². The molecule has 1 aromatic heterocycles. The smallest absolute Gasteiger partial charge is 0.326 e. The molecule has 61 heavy (non-hydrogen) atoms. The molecule has 0 radical (unpaired) electrons. The number of hydrogen-bond acceptors (Lipinski definition) is 10. The van der Waals surface area contributed by atoms with Gasteiger partial charge in [-0.3, -0.25) is 39.0 Å². The Bertz CT molecular complexity index is 2040. The standard InChI is InChI=1S/C40H54N10O11/c1-21(2)15-31(39(60)61)50-35(56)27(13-8-14-44-40(42)43)46-37(58)30(19-33(53)54)49-36(57)28(17-23-20-45-26-12-7-6-11-24(23)26)48-38(59)29(18-32(51)52)47-34(55)25(41)16-22-9-4-3-5-10-22/h3-7,9-12,20-21,25,27-31,45H,8,13-19,41H2,1-2H3,(H,46,58)(H,47,55)(H,48,59)(H,49,57)(H,50,56)(H,51,52)(H,53,54)(H,60,61)(H4,42,43,44)/t25-,27-,28-,29-,30-,31-/m0/s1. The van der Waals surface area contributed by atoms with Crippen LogP contribution in [-0.2, 0) is 51.2 Å². The van der Waals surface area contributed by atoms with Gasteiger partial charge in [-0.25, -0.2) is 4.79 Å². The molecule has 3 aromatic rings. The van der Waals surface area contributed by atoms with Gasteiger partial charge in [0, 0.05) is 30.1 Å². The summed E-state index contributed by atoms with van der Waals surface area (Å²) in [5.41, 5.74) is 13.3. The summed E-state index contributed by atoms with van der Waals surface area (Å²) in [4.78, 5) is 107. The summed E-state index contributed by atoms with van der Waals surface area (Å²) in [5.74, 6) is -9.95. The number of benzene rings is 2. The van der Waals surface area contributed by atoms with Crippen LogP contribution in [0.25, 0.3) is 10.9 Å². The van der Waals surface area contributed by atoms with Gasteiger partial charge in [0.1, 0.15) is 30.2 Å². The molecule has 21 nitrogen and oxygen atoms in total. The molecule has 3 rings (SSSR count). The Kier molecular flexibility index (Phi) is 18.6.